The molecule has 0 aromatic heterocycles. The molecule has 0 bridgehead atoms. The minimum absolute atomic E-state index is 0.271. The largest absolute Gasteiger partial charge is 0.493 e. The second kappa shape index (κ2) is 9.83. The summed E-state index contributed by atoms with van der Waals surface area (Å²) in [6.45, 7) is 0.315. The van der Waals surface area contributed by atoms with Gasteiger partial charge in [-0.15, -0.1) is 0 Å². The molecule has 4 N–H and O–H groups in total. The van der Waals surface area contributed by atoms with E-state index in [2.05, 4.69) is 10.6 Å². The molecule has 1 unspecified atom stereocenters. The molecule has 3 amide bonds. The highest BCUT2D eigenvalue weighted by atomic mass is 32.2. The van der Waals surface area contributed by atoms with Gasteiger partial charge in [0, 0.05) is 6.54 Å². The summed E-state index contributed by atoms with van der Waals surface area (Å²) in [4.78, 5) is 23.2. The Morgan fingerprint density at radius 1 is 1.26 bits per heavy atom. The minimum Gasteiger partial charge on any atom is -0.493 e. The highest BCUT2D eigenvalue weighted by Gasteiger charge is 2.19. The predicted octanol–water partition coefficient (Wildman–Crippen LogP) is 1.11. The van der Waals surface area contributed by atoms with Gasteiger partial charge in [0.25, 0.3) is 0 Å². The van der Waals surface area contributed by atoms with Crippen LogP contribution in [0.4, 0.5) is 4.79 Å². The minimum atomic E-state index is -0.711. The number of thioether (sulfide) groups is 1. The Morgan fingerprint density at radius 2 is 1.96 bits per heavy atom. The molecule has 1 rings (SSSR count). The Bertz CT molecular complexity index is 539. The first-order valence-corrected chi connectivity index (χ1v) is 8.44. The maximum absolute atomic E-state index is 12.2. The van der Waals surface area contributed by atoms with Gasteiger partial charge in [0.2, 0.25) is 5.91 Å². The van der Waals surface area contributed by atoms with Gasteiger partial charge in [0.15, 0.2) is 11.5 Å². The number of ether oxygens (including phenoxy) is 2. The lowest BCUT2D eigenvalue weighted by atomic mass is 10.1. The highest BCUT2D eigenvalue weighted by Crippen LogP contribution is 2.27. The van der Waals surface area contributed by atoms with Gasteiger partial charge in [-0.3, -0.25) is 4.79 Å². The highest BCUT2D eigenvalue weighted by molar-refractivity contribution is 7.98. The summed E-state index contributed by atoms with van der Waals surface area (Å²) in [5, 5.41) is 5.25. The Morgan fingerprint density at radius 3 is 2.52 bits per heavy atom. The fourth-order valence-electron chi connectivity index (χ4n) is 1.98. The van der Waals surface area contributed by atoms with E-state index in [9.17, 15) is 9.59 Å². The fourth-order valence-corrected chi connectivity index (χ4v) is 2.45. The Hall–Kier alpha value is -2.09. The molecule has 8 heteroatoms. The molecule has 0 radical (unpaired) electrons. The summed E-state index contributed by atoms with van der Waals surface area (Å²) in [7, 11) is 3.11. The molecule has 0 spiro atoms. The number of urea groups is 1. The van der Waals surface area contributed by atoms with Gasteiger partial charge < -0.3 is 25.8 Å². The molecule has 7 nitrogen and oxygen atoms in total. The van der Waals surface area contributed by atoms with Gasteiger partial charge in [0.05, 0.1) is 14.2 Å². The molecular weight excluding hydrogens is 318 g/mol. The van der Waals surface area contributed by atoms with Crippen LogP contribution < -0.4 is 25.8 Å². The molecule has 1 aromatic rings. The van der Waals surface area contributed by atoms with Gasteiger partial charge in [-0.2, -0.15) is 11.8 Å². The van der Waals surface area contributed by atoms with Crippen molar-refractivity contribution in [3.8, 4) is 11.5 Å². The van der Waals surface area contributed by atoms with Crippen molar-refractivity contribution < 1.29 is 19.1 Å². The molecule has 0 saturated heterocycles. The maximum atomic E-state index is 12.2. The van der Waals surface area contributed by atoms with Gasteiger partial charge in [-0.25, -0.2) is 4.79 Å². The van der Waals surface area contributed by atoms with Gasteiger partial charge >= 0.3 is 6.03 Å². The molecule has 0 aliphatic rings. The third kappa shape index (κ3) is 6.27. The third-order valence-corrected chi connectivity index (χ3v) is 3.80. The Balaban J connectivity index is 2.67. The molecule has 128 valence electrons. The van der Waals surface area contributed by atoms with E-state index in [1.807, 2.05) is 12.3 Å². The lowest BCUT2D eigenvalue weighted by Gasteiger charge is -2.17. The monoisotopic (exact) mass is 341 g/mol. The molecule has 0 fully saturated rings. The number of amides is 3. The fraction of sp³-hybridized carbons (Fsp3) is 0.467. The number of primary amides is 1. The summed E-state index contributed by atoms with van der Waals surface area (Å²) in [5.74, 6) is 1.69. The van der Waals surface area contributed by atoms with Gasteiger partial charge in [0.1, 0.15) is 6.04 Å². The zero-order chi connectivity index (χ0) is 17.2. The van der Waals surface area contributed by atoms with Crippen molar-refractivity contribution in [1.82, 2.24) is 10.6 Å². The molecule has 0 aliphatic heterocycles. The van der Waals surface area contributed by atoms with Crippen molar-refractivity contribution in [3.05, 3.63) is 23.8 Å². The van der Waals surface area contributed by atoms with Crippen molar-refractivity contribution >= 4 is 23.7 Å². The van der Waals surface area contributed by atoms with Gasteiger partial charge in [-0.05, 0) is 36.1 Å². The number of rotatable bonds is 9. The Labute approximate surface area is 140 Å². The lowest BCUT2D eigenvalue weighted by molar-refractivity contribution is -0.123. The van der Waals surface area contributed by atoms with Crippen LogP contribution >= 0.6 is 11.8 Å². The van der Waals surface area contributed by atoms with E-state index in [1.165, 1.54) is 0 Å². The van der Waals surface area contributed by atoms with Crippen LogP contribution in [0.2, 0.25) is 0 Å². The van der Waals surface area contributed by atoms with Gasteiger partial charge in [-0.1, -0.05) is 6.07 Å². The summed E-state index contributed by atoms with van der Waals surface area (Å²) < 4.78 is 10.4. The first kappa shape index (κ1) is 19.0. The van der Waals surface area contributed by atoms with E-state index in [1.54, 1.807) is 38.1 Å². The van der Waals surface area contributed by atoms with Crippen LogP contribution in [0.1, 0.15) is 12.0 Å². The van der Waals surface area contributed by atoms with Crippen molar-refractivity contribution in [2.24, 2.45) is 5.73 Å². The van der Waals surface area contributed by atoms with E-state index in [0.29, 0.717) is 24.5 Å². The molecule has 1 aromatic carbocycles. The summed E-state index contributed by atoms with van der Waals surface area (Å²) in [6.07, 6.45) is 2.45. The third-order valence-electron chi connectivity index (χ3n) is 3.16. The number of hydrogen-bond acceptors (Lipinski definition) is 5. The van der Waals surface area contributed by atoms with Crippen molar-refractivity contribution in [3.63, 3.8) is 0 Å². The molecule has 0 aliphatic carbocycles. The maximum Gasteiger partial charge on any atom is 0.312 e. The Kier molecular flexibility index (Phi) is 8.10. The molecule has 0 saturated carbocycles. The smallest absolute Gasteiger partial charge is 0.312 e. The zero-order valence-electron chi connectivity index (χ0n) is 13.5. The SMILES string of the molecule is COc1ccc(CNC(=O)C(CCSC)NC(N)=O)cc1OC. The summed E-state index contributed by atoms with van der Waals surface area (Å²) >= 11 is 1.60. The second-order valence-corrected chi connectivity index (χ2v) is 5.74. The van der Waals surface area contributed by atoms with Crippen LogP contribution in [-0.2, 0) is 11.3 Å². The molecule has 0 heterocycles. The number of carbonyl (C=O) groups excluding carboxylic acids is 2. The first-order chi connectivity index (χ1) is 11.0. The molecule has 1 atom stereocenters. The number of nitrogens with one attached hydrogen (secondary N) is 2. The standard InChI is InChI=1S/C15H23N3O4S/c1-21-12-5-4-10(8-13(12)22-2)9-17-14(19)11(6-7-23-3)18-15(16)20/h4-5,8,11H,6-7,9H2,1-3H3,(H,17,19)(H3,16,18,20). The van der Waals surface area contributed by atoms with Crippen molar-refractivity contribution in [2.75, 3.05) is 26.2 Å². The average molecular weight is 341 g/mol. The number of methoxy groups -OCH3 is 2. The van der Waals surface area contributed by atoms with Crippen molar-refractivity contribution in [1.29, 1.82) is 0 Å². The van der Waals surface area contributed by atoms with E-state index >= 15 is 0 Å². The quantitative estimate of drug-likeness (QED) is 0.624. The first-order valence-electron chi connectivity index (χ1n) is 7.05. The van der Waals surface area contributed by atoms with E-state index in [4.69, 9.17) is 15.2 Å². The molecular formula is C15H23N3O4S. The predicted molar refractivity (Wildman–Crippen MR) is 90.9 cm³/mol. The number of benzene rings is 1. The van der Waals surface area contributed by atoms with E-state index in [0.717, 1.165) is 11.3 Å². The summed E-state index contributed by atoms with van der Waals surface area (Å²) in [6, 6.07) is 4.04. The van der Waals surface area contributed by atoms with Crippen molar-refractivity contribution in [2.45, 2.75) is 19.0 Å². The second-order valence-electron chi connectivity index (χ2n) is 4.75. The van der Waals surface area contributed by atoms with Crippen LogP contribution in [0.3, 0.4) is 0 Å². The number of carbonyl (C=O) groups is 2. The topological polar surface area (TPSA) is 103 Å². The number of hydrogen-bond donors (Lipinski definition) is 3. The van der Waals surface area contributed by atoms with Crippen LogP contribution in [0, 0.1) is 0 Å². The van der Waals surface area contributed by atoms with Crippen LogP contribution in [0.5, 0.6) is 11.5 Å². The van der Waals surface area contributed by atoms with E-state index < -0.39 is 12.1 Å². The molecule has 23 heavy (non-hydrogen) atoms. The average Bonchev–Trinajstić information content (AvgIpc) is 2.55. The normalized spacial score (nSPS) is 11.4. The van der Waals surface area contributed by atoms with E-state index in [-0.39, 0.29) is 5.91 Å². The zero-order valence-corrected chi connectivity index (χ0v) is 14.4. The number of nitrogens with two attached hydrogens (primary N) is 1. The van der Waals surface area contributed by atoms with Crippen LogP contribution in [0.15, 0.2) is 18.2 Å². The lowest BCUT2D eigenvalue weighted by Crippen LogP contribution is -2.48. The summed E-state index contributed by atoms with van der Waals surface area (Å²) in [5.41, 5.74) is 5.97. The van der Waals surface area contributed by atoms with Crippen LogP contribution in [-0.4, -0.2) is 44.2 Å². The van der Waals surface area contributed by atoms with Crippen LogP contribution in [0.25, 0.3) is 0 Å².